The van der Waals surface area contributed by atoms with Crippen LogP contribution in [0.4, 0.5) is 0 Å². The molecule has 0 amide bonds. The smallest absolute Gasteiger partial charge is 0.306 e. The Morgan fingerprint density at radius 3 is 0.785 bits per heavy atom. The highest BCUT2D eigenvalue weighted by molar-refractivity contribution is 5.71. The Morgan fingerprint density at radius 2 is 0.508 bits per heavy atom. The van der Waals surface area contributed by atoms with Crippen LogP contribution < -0.4 is 0 Å². The van der Waals surface area contributed by atoms with Crippen molar-refractivity contribution in [2.24, 2.45) is 0 Å². The quantitative estimate of drug-likeness (QED) is 0.0262. The maximum absolute atomic E-state index is 12.8. The minimum Gasteiger partial charge on any atom is -0.462 e. The predicted octanol–water partition coefficient (Wildman–Crippen LogP) is 18.9. The van der Waals surface area contributed by atoms with E-state index in [2.05, 4.69) is 57.2 Å². The van der Waals surface area contributed by atoms with E-state index in [4.69, 9.17) is 14.2 Å². The van der Waals surface area contributed by atoms with Crippen molar-refractivity contribution in [3.8, 4) is 0 Å². The standard InChI is InChI=1S/C59H108O6/c1-4-7-10-13-16-19-22-25-27-29-31-34-37-40-43-46-49-52-58(61)64-55-56(54-63-57(60)51-48-45-42-39-36-33-24-21-18-15-12-9-6-3)65-59(62)53-50-47-44-41-38-35-32-30-28-26-23-20-17-14-11-8-5-2/h21,24-28,56H,4-20,22-23,29-55H2,1-3H3/b24-21+,27-25+,28-26+/t56-/m1/s1. The molecule has 0 N–H and O–H groups in total. The molecule has 0 bridgehead atoms. The molecular weight excluding hydrogens is 805 g/mol. The molecule has 380 valence electrons. The molecule has 0 unspecified atom stereocenters. The summed E-state index contributed by atoms with van der Waals surface area (Å²) in [5.41, 5.74) is 0. The van der Waals surface area contributed by atoms with E-state index < -0.39 is 6.10 Å². The van der Waals surface area contributed by atoms with E-state index >= 15 is 0 Å². The van der Waals surface area contributed by atoms with Crippen LogP contribution in [0.2, 0.25) is 0 Å². The van der Waals surface area contributed by atoms with Crippen molar-refractivity contribution in [3.63, 3.8) is 0 Å². The van der Waals surface area contributed by atoms with E-state index in [1.165, 1.54) is 199 Å². The summed E-state index contributed by atoms with van der Waals surface area (Å²) in [6.45, 7) is 6.63. The SMILES string of the molecule is CCCCCC/C=C/CCCCCCCC(=O)OC[C@H](COC(=O)CCCCCCCCC/C=C/CCCCCCCC)OC(=O)CCCCCCCCC/C=C/CCCCCCCC. The average molecular weight is 914 g/mol. The lowest BCUT2D eigenvalue weighted by atomic mass is 10.1. The molecule has 0 aliphatic heterocycles. The molecule has 0 fully saturated rings. The lowest BCUT2D eigenvalue weighted by Gasteiger charge is -2.18. The summed E-state index contributed by atoms with van der Waals surface area (Å²) >= 11 is 0. The fraction of sp³-hybridized carbons (Fsp3) is 0.847. The Hall–Kier alpha value is -2.37. The molecule has 6 nitrogen and oxygen atoms in total. The van der Waals surface area contributed by atoms with Crippen LogP contribution in [0.1, 0.15) is 303 Å². The molecule has 0 aromatic carbocycles. The van der Waals surface area contributed by atoms with Crippen LogP contribution in [0.5, 0.6) is 0 Å². The van der Waals surface area contributed by atoms with Crippen molar-refractivity contribution in [2.75, 3.05) is 13.2 Å². The van der Waals surface area contributed by atoms with Gasteiger partial charge in [-0.25, -0.2) is 0 Å². The molecule has 0 saturated heterocycles. The van der Waals surface area contributed by atoms with Gasteiger partial charge in [0, 0.05) is 19.3 Å². The van der Waals surface area contributed by atoms with E-state index in [-0.39, 0.29) is 31.1 Å². The second kappa shape index (κ2) is 54.2. The van der Waals surface area contributed by atoms with Gasteiger partial charge < -0.3 is 14.2 Å². The van der Waals surface area contributed by atoms with Crippen LogP contribution in [-0.4, -0.2) is 37.2 Å². The van der Waals surface area contributed by atoms with E-state index in [1.54, 1.807) is 0 Å². The first-order chi connectivity index (χ1) is 32.0. The zero-order chi connectivity index (χ0) is 47.2. The number of rotatable bonds is 52. The Labute approximate surface area is 404 Å². The van der Waals surface area contributed by atoms with Crippen molar-refractivity contribution in [1.82, 2.24) is 0 Å². The van der Waals surface area contributed by atoms with Crippen LogP contribution >= 0.6 is 0 Å². The number of unbranched alkanes of at least 4 members (excludes halogenated alkanes) is 35. The fourth-order valence-electron chi connectivity index (χ4n) is 8.25. The second-order valence-electron chi connectivity index (χ2n) is 19.2. The Morgan fingerprint density at radius 1 is 0.292 bits per heavy atom. The van der Waals surface area contributed by atoms with Crippen LogP contribution in [0.25, 0.3) is 0 Å². The fourth-order valence-corrected chi connectivity index (χ4v) is 8.25. The number of carbonyl (C=O) groups excluding carboxylic acids is 3. The normalized spacial score (nSPS) is 12.2. The third-order valence-corrected chi connectivity index (χ3v) is 12.6. The summed E-state index contributed by atoms with van der Waals surface area (Å²) in [5.74, 6) is -0.880. The number of carbonyl (C=O) groups is 3. The first-order valence-corrected chi connectivity index (χ1v) is 28.5. The van der Waals surface area contributed by atoms with Crippen molar-refractivity contribution in [2.45, 2.75) is 309 Å². The first kappa shape index (κ1) is 62.6. The molecule has 0 aliphatic carbocycles. The predicted molar refractivity (Wildman–Crippen MR) is 279 cm³/mol. The zero-order valence-electron chi connectivity index (χ0n) is 43.5. The van der Waals surface area contributed by atoms with E-state index in [1.807, 2.05) is 0 Å². The number of esters is 3. The average Bonchev–Trinajstić information content (AvgIpc) is 3.30. The summed E-state index contributed by atoms with van der Waals surface area (Å²) in [4.78, 5) is 38.1. The van der Waals surface area contributed by atoms with Gasteiger partial charge in [0.1, 0.15) is 13.2 Å². The Bertz CT molecular complexity index is 1090. The summed E-state index contributed by atoms with van der Waals surface area (Å²) < 4.78 is 16.9. The monoisotopic (exact) mass is 913 g/mol. The van der Waals surface area contributed by atoms with Gasteiger partial charge in [0.2, 0.25) is 0 Å². The van der Waals surface area contributed by atoms with Gasteiger partial charge in [-0.2, -0.15) is 0 Å². The minimum atomic E-state index is -0.777. The molecule has 0 aromatic heterocycles. The number of allylic oxidation sites excluding steroid dienone is 6. The largest absolute Gasteiger partial charge is 0.462 e. The molecule has 0 spiro atoms. The van der Waals surface area contributed by atoms with Gasteiger partial charge in [0.15, 0.2) is 6.10 Å². The van der Waals surface area contributed by atoms with Gasteiger partial charge in [-0.05, 0) is 96.3 Å². The van der Waals surface area contributed by atoms with Crippen molar-refractivity contribution in [3.05, 3.63) is 36.5 Å². The van der Waals surface area contributed by atoms with Crippen molar-refractivity contribution >= 4 is 17.9 Å². The Kier molecular flexibility index (Phi) is 52.3. The summed E-state index contributed by atoms with van der Waals surface area (Å²) in [7, 11) is 0. The molecule has 0 heterocycles. The lowest BCUT2D eigenvalue weighted by molar-refractivity contribution is -0.167. The van der Waals surface area contributed by atoms with Crippen molar-refractivity contribution in [1.29, 1.82) is 0 Å². The van der Waals surface area contributed by atoms with Gasteiger partial charge in [0.25, 0.3) is 0 Å². The number of hydrogen-bond acceptors (Lipinski definition) is 6. The summed E-state index contributed by atoms with van der Waals surface area (Å²) in [5, 5.41) is 0. The highest BCUT2D eigenvalue weighted by Crippen LogP contribution is 2.15. The van der Waals surface area contributed by atoms with E-state index in [0.29, 0.717) is 19.3 Å². The summed E-state index contributed by atoms with van der Waals surface area (Å²) in [6.07, 6.45) is 64.1. The molecule has 0 aromatic rings. The number of ether oxygens (including phenoxy) is 3. The summed E-state index contributed by atoms with van der Waals surface area (Å²) in [6, 6.07) is 0. The van der Waals surface area contributed by atoms with Gasteiger partial charge >= 0.3 is 17.9 Å². The molecule has 0 saturated carbocycles. The number of hydrogen-bond donors (Lipinski definition) is 0. The first-order valence-electron chi connectivity index (χ1n) is 28.5. The molecule has 0 aliphatic rings. The lowest BCUT2D eigenvalue weighted by Crippen LogP contribution is -2.30. The maximum atomic E-state index is 12.8. The molecule has 6 heteroatoms. The molecule has 65 heavy (non-hydrogen) atoms. The molecule has 1 atom stereocenters. The van der Waals surface area contributed by atoms with Crippen LogP contribution in [0.3, 0.4) is 0 Å². The minimum absolute atomic E-state index is 0.0767. The topological polar surface area (TPSA) is 78.9 Å². The Balaban J connectivity index is 4.36. The van der Waals surface area contributed by atoms with Gasteiger partial charge in [0.05, 0.1) is 0 Å². The molecular formula is C59H108O6. The molecule has 0 radical (unpaired) electrons. The van der Waals surface area contributed by atoms with Crippen molar-refractivity contribution < 1.29 is 28.6 Å². The van der Waals surface area contributed by atoms with E-state index in [0.717, 1.165) is 64.2 Å². The highest BCUT2D eigenvalue weighted by Gasteiger charge is 2.19. The second-order valence-corrected chi connectivity index (χ2v) is 19.2. The van der Waals surface area contributed by atoms with Crippen LogP contribution in [0.15, 0.2) is 36.5 Å². The van der Waals surface area contributed by atoms with Crippen LogP contribution in [-0.2, 0) is 28.6 Å². The molecule has 0 rings (SSSR count). The highest BCUT2D eigenvalue weighted by atomic mass is 16.6. The van der Waals surface area contributed by atoms with E-state index in [9.17, 15) is 14.4 Å². The third kappa shape index (κ3) is 52.5. The van der Waals surface area contributed by atoms with Crippen LogP contribution in [0, 0.1) is 0 Å². The van der Waals surface area contributed by atoms with Gasteiger partial charge in [-0.1, -0.05) is 224 Å². The van der Waals surface area contributed by atoms with Gasteiger partial charge in [-0.15, -0.1) is 0 Å². The van der Waals surface area contributed by atoms with Gasteiger partial charge in [-0.3, -0.25) is 14.4 Å². The maximum Gasteiger partial charge on any atom is 0.306 e. The zero-order valence-corrected chi connectivity index (χ0v) is 43.5. The third-order valence-electron chi connectivity index (χ3n) is 12.6.